The highest BCUT2D eigenvalue weighted by Crippen LogP contribution is 2.29. The Morgan fingerprint density at radius 3 is 2.61 bits per heavy atom. The summed E-state index contributed by atoms with van der Waals surface area (Å²) in [6.45, 7) is 1.83. The molecule has 0 aliphatic heterocycles. The van der Waals surface area contributed by atoms with E-state index in [4.69, 9.17) is 0 Å². The number of anilines is 1. The predicted octanol–water partition coefficient (Wildman–Crippen LogP) is 3.34. The normalized spacial score (nSPS) is 10.4. The van der Waals surface area contributed by atoms with Crippen molar-refractivity contribution in [2.24, 2.45) is 0 Å². The summed E-state index contributed by atoms with van der Waals surface area (Å²) in [5.74, 6) is 0.0357. The van der Waals surface area contributed by atoms with Crippen LogP contribution >= 0.6 is 27.3 Å². The smallest absolute Gasteiger partial charge is 0.228 e. The van der Waals surface area contributed by atoms with Gasteiger partial charge in [0, 0.05) is 23.5 Å². The Labute approximate surface area is 118 Å². The van der Waals surface area contributed by atoms with Crippen molar-refractivity contribution >= 4 is 38.3 Å². The second-order valence-corrected chi connectivity index (χ2v) is 5.57. The van der Waals surface area contributed by atoms with E-state index in [0.717, 1.165) is 15.0 Å². The molecule has 0 aliphatic carbocycles. The van der Waals surface area contributed by atoms with Crippen molar-refractivity contribution in [2.45, 2.75) is 13.3 Å². The van der Waals surface area contributed by atoms with E-state index in [1.807, 2.05) is 31.2 Å². The Bertz CT molecular complexity index is 553. The summed E-state index contributed by atoms with van der Waals surface area (Å²) in [6, 6.07) is 7.85. The molecule has 0 unspecified atom stereocenters. The average Bonchev–Trinajstić information content (AvgIpc) is 2.87. The first kappa shape index (κ1) is 13.2. The minimum Gasteiger partial charge on any atom is -0.290 e. The molecule has 0 atom stereocenters. The Hall–Kier alpha value is -1.27. The molecule has 0 bridgehead atoms. The molecule has 1 aromatic carbocycles. The molecular weight excluding hydrogens is 314 g/mol. The van der Waals surface area contributed by atoms with Gasteiger partial charge in [0.2, 0.25) is 11.0 Å². The van der Waals surface area contributed by atoms with Crippen LogP contribution in [0, 0.1) is 0 Å². The standard InChI is InChI=1S/C12H12BrN3OS/c1-3-10(17)16(2)12-15-14-11(18-12)8-4-6-9(13)7-5-8/h4-7H,3H2,1-2H3. The van der Waals surface area contributed by atoms with Crippen LogP contribution in [0.25, 0.3) is 10.6 Å². The molecule has 0 saturated carbocycles. The van der Waals surface area contributed by atoms with Crippen LogP contribution in [0.3, 0.4) is 0 Å². The third-order valence-corrected chi connectivity index (χ3v) is 4.05. The molecule has 1 aromatic heterocycles. The van der Waals surface area contributed by atoms with Gasteiger partial charge in [-0.2, -0.15) is 0 Å². The second kappa shape index (κ2) is 5.58. The van der Waals surface area contributed by atoms with E-state index >= 15 is 0 Å². The lowest BCUT2D eigenvalue weighted by Crippen LogP contribution is -2.24. The minimum absolute atomic E-state index is 0.0357. The lowest BCUT2D eigenvalue weighted by Gasteiger charge is -2.10. The molecule has 0 fully saturated rings. The van der Waals surface area contributed by atoms with Crippen LogP contribution < -0.4 is 4.90 Å². The van der Waals surface area contributed by atoms with Crippen LogP contribution in [0.15, 0.2) is 28.7 Å². The van der Waals surface area contributed by atoms with E-state index in [2.05, 4.69) is 26.1 Å². The van der Waals surface area contributed by atoms with Crippen LogP contribution in [0.2, 0.25) is 0 Å². The minimum atomic E-state index is 0.0357. The Kier molecular flexibility index (Phi) is 4.08. The molecular formula is C12H12BrN3OS. The number of aromatic nitrogens is 2. The first-order valence-electron chi connectivity index (χ1n) is 5.48. The summed E-state index contributed by atoms with van der Waals surface area (Å²) < 4.78 is 1.02. The number of hydrogen-bond acceptors (Lipinski definition) is 4. The molecule has 6 heteroatoms. The molecule has 0 saturated heterocycles. The number of amides is 1. The maximum Gasteiger partial charge on any atom is 0.228 e. The molecule has 94 valence electrons. The quantitative estimate of drug-likeness (QED) is 0.869. The van der Waals surface area contributed by atoms with Crippen molar-refractivity contribution in [1.82, 2.24) is 10.2 Å². The van der Waals surface area contributed by atoms with E-state index in [1.165, 1.54) is 11.3 Å². The van der Waals surface area contributed by atoms with E-state index in [9.17, 15) is 4.79 Å². The number of nitrogens with zero attached hydrogens (tertiary/aromatic N) is 3. The molecule has 18 heavy (non-hydrogen) atoms. The van der Waals surface area contributed by atoms with Crippen molar-refractivity contribution in [1.29, 1.82) is 0 Å². The van der Waals surface area contributed by atoms with Crippen LogP contribution in [0.5, 0.6) is 0 Å². The van der Waals surface area contributed by atoms with Gasteiger partial charge in [-0.3, -0.25) is 9.69 Å². The molecule has 0 spiro atoms. The monoisotopic (exact) mass is 325 g/mol. The third-order valence-electron chi connectivity index (χ3n) is 2.47. The average molecular weight is 326 g/mol. The van der Waals surface area contributed by atoms with Crippen molar-refractivity contribution < 1.29 is 4.79 Å². The fraction of sp³-hybridized carbons (Fsp3) is 0.250. The van der Waals surface area contributed by atoms with E-state index in [0.29, 0.717) is 11.6 Å². The van der Waals surface area contributed by atoms with Gasteiger partial charge in [0.25, 0.3) is 0 Å². The zero-order valence-electron chi connectivity index (χ0n) is 10.1. The summed E-state index contributed by atoms with van der Waals surface area (Å²) >= 11 is 4.80. The van der Waals surface area contributed by atoms with Crippen LogP contribution in [-0.2, 0) is 4.79 Å². The summed E-state index contributed by atoms with van der Waals surface area (Å²) in [6.07, 6.45) is 0.462. The van der Waals surface area contributed by atoms with Crippen molar-refractivity contribution in [3.63, 3.8) is 0 Å². The van der Waals surface area contributed by atoms with Crippen LogP contribution in [-0.4, -0.2) is 23.2 Å². The Morgan fingerprint density at radius 2 is 2.00 bits per heavy atom. The van der Waals surface area contributed by atoms with Gasteiger partial charge in [0.15, 0.2) is 0 Å². The highest BCUT2D eigenvalue weighted by atomic mass is 79.9. The number of hydrogen-bond donors (Lipinski definition) is 0. The number of carbonyl (C=O) groups excluding carboxylic acids is 1. The first-order valence-corrected chi connectivity index (χ1v) is 7.08. The molecule has 2 rings (SSSR count). The number of benzene rings is 1. The van der Waals surface area contributed by atoms with Crippen molar-refractivity contribution in [3.8, 4) is 10.6 Å². The van der Waals surface area contributed by atoms with Crippen LogP contribution in [0.4, 0.5) is 5.13 Å². The fourth-order valence-corrected chi connectivity index (χ4v) is 2.50. The van der Waals surface area contributed by atoms with E-state index in [1.54, 1.807) is 11.9 Å². The lowest BCUT2D eigenvalue weighted by atomic mass is 10.2. The van der Waals surface area contributed by atoms with Gasteiger partial charge < -0.3 is 0 Å². The van der Waals surface area contributed by atoms with Gasteiger partial charge in [0.05, 0.1) is 0 Å². The van der Waals surface area contributed by atoms with Gasteiger partial charge in [-0.05, 0) is 12.1 Å². The Morgan fingerprint density at radius 1 is 1.33 bits per heavy atom. The van der Waals surface area contributed by atoms with Gasteiger partial charge in [-0.1, -0.05) is 46.3 Å². The second-order valence-electron chi connectivity index (χ2n) is 3.70. The van der Waals surface area contributed by atoms with Crippen LogP contribution in [0.1, 0.15) is 13.3 Å². The maximum atomic E-state index is 11.6. The van der Waals surface area contributed by atoms with Gasteiger partial charge in [-0.15, -0.1) is 10.2 Å². The summed E-state index contributed by atoms with van der Waals surface area (Å²) in [7, 11) is 1.72. The van der Waals surface area contributed by atoms with Gasteiger partial charge in [0.1, 0.15) is 5.01 Å². The highest BCUT2D eigenvalue weighted by Gasteiger charge is 2.14. The summed E-state index contributed by atoms with van der Waals surface area (Å²) in [5, 5.41) is 9.60. The van der Waals surface area contributed by atoms with Gasteiger partial charge in [-0.25, -0.2) is 0 Å². The summed E-state index contributed by atoms with van der Waals surface area (Å²) in [4.78, 5) is 13.1. The SMILES string of the molecule is CCC(=O)N(C)c1nnc(-c2ccc(Br)cc2)s1. The topological polar surface area (TPSA) is 46.1 Å². The molecule has 0 radical (unpaired) electrons. The zero-order valence-corrected chi connectivity index (χ0v) is 12.5. The van der Waals surface area contributed by atoms with Crippen molar-refractivity contribution in [2.75, 3.05) is 11.9 Å². The predicted molar refractivity (Wildman–Crippen MR) is 76.7 cm³/mol. The molecule has 4 nitrogen and oxygen atoms in total. The van der Waals surface area contributed by atoms with Gasteiger partial charge >= 0.3 is 0 Å². The van der Waals surface area contributed by atoms with Crippen molar-refractivity contribution in [3.05, 3.63) is 28.7 Å². The number of halogens is 1. The first-order chi connectivity index (χ1) is 8.61. The molecule has 1 heterocycles. The molecule has 2 aromatic rings. The maximum absolute atomic E-state index is 11.6. The van der Waals surface area contributed by atoms with E-state index in [-0.39, 0.29) is 5.91 Å². The molecule has 0 aliphatic rings. The zero-order chi connectivity index (χ0) is 13.1. The van der Waals surface area contributed by atoms with E-state index < -0.39 is 0 Å². The molecule has 0 N–H and O–H groups in total. The number of rotatable bonds is 3. The Balaban J connectivity index is 2.25. The third kappa shape index (κ3) is 2.76. The fourth-order valence-electron chi connectivity index (χ4n) is 1.40. The summed E-state index contributed by atoms with van der Waals surface area (Å²) in [5.41, 5.74) is 0.999. The lowest BCUT2D eigenvalue weighted by molar-refractivity contribution is -0.118. The largest absolute Gasteiger partial charge is 0.290 e. The number of carbonyl (C=O) groups is 1. The highest BCUT2D eigenvalue weighted by molar-refractivity contribution is 9.10. The molecule has 1 amide bonds.